The summed E-state index contributed by atoms with van der Waals surface area (Å²) in [6.07, 6.45) is 0.110. The van der Waals surface area contributed by atoms with E-state index in [-0.39, 0.29) is 24.8 Å². The second-order valence-corrected chi connectivity index (χ2v) is 6.64. The largest absolute Gasteiger partial charge is 0.324 e. The van der Waals surface area contributed by atoms with Gasteiger partial charge in [0, 0.05) is 13.0 Å². The Morgan fingerprint density at radius 2 is 1.75 bits per heavy atom. The smallest absolute Gasteiger partial charge is 0.229 e. The number of amides is 2. The van der Waals surface area contributed by atoms with Crippen molar-refractivity contribution in [2.45, 2.75) is 6.42 Å². The second kappa shape index (κ2) is 7.01. The zero-order valence-corrected chi connectivity index (χ0v) is 14.7. The maximum absolute atomic E-state index is 12.4. The van der Waals surface area contributed by atoms with Crippen molar-refractivity contribution in [3.8, 4) is 0 Å². The molecular weight excluding hydrogens is 371 g/mol. The minimum absolute atomic E-state index is 0.110. The number of para-hydroxylation sites is 1. The first-order valence-corrected chi connectivity index (χ1v) is 8.40. The number of hydrogen-bond donors (Lipinski definition) is 1. The Kier molecular flexibility index (Phi) is 4.99. The summed E-state index contributed by atoms with van der Waals surface area (Å²) in [5.74, 6) is -0.903. The van der Waals surface area contributed by atoms with Crippen molar-refractivity contribution in [1.82, 2.24) is 0 Å². The topological polar surface area (TPSA) is 49.4 Å². The highest BCUT2D eigenvalue weighted by atomic mass is 35.5. The first-order valence-electron chi connectivity index (χ1n) is 7.27. The van der Waals surface area contributed by atoms with Crippen LogP contribution in [0.3, 0.4) is 0 Å². The van der Waals surface area contributed by atoms with Crippen LogP contribution < -0.4 is 10.2 Å². The van der Waals surface area contributed by atoms with Gasteiger partial charge in [0.15, 0.2) is 0 Å². The highest BCUT2D eigenvalue weighted by molar-refractivity contribution is 6.44. The summed E-state index contributed by atoms with van der Waals surface area (Å²) >= 11 is 18.2. The molecule has 0 radical (unpaired) electrons. The zero-order chi connectivity index (χ0) is 17.3. The predicted molar refractivity (Wildman–Crippen MR) is 97.0 cm³/mol. The highest BCUT2D eigenvalue weighted by Gasteiger charge is 2.36. The molecule has 1 N–H and O–H groups in total. The van der Waals surface area contributed by atoms with E-state index < -0.39 is 5.92 Å². The van der Waals surface area contributed by atoms with Crippen LogP contribution in [0.15, 0.2) is 42.5 Å². The van der Waals surface area contributed by atoms with Gasteiger partial charge in [0.05, 0.1) is 32.4 Å². The van der Waals surface area contributed by atoms with Crippen molar-refractivity contribution in [3.05, 3.63) is 57.5 Å². The molecule has 0 aliphatic carbocycles. The van der Waals surface area contributed by atoms with E-state index in [0.717, 1.165) is 0 Å². The summed E-state index contributed by atoms with van der Waals surface area (Å²) < 4.78 is 0. The van der Waals surface area contributed by atoms with Crippen LogP contribution >= 0.6 is 34.8 Å². The molecule has 3 rings (SSSR count). The molecule has 0 saturated carbocycles. The SMILES string of the molecule is O=C(Nc1ccccc1Cl)C1CC(=O)N(c2cccc(Cl)c2Cl)C1. The number of carbonyl (C=O) groups is 2. The van der Waals surface area contributed by atoms with Gasteiger partial charge in [0.2, 0.25) is 11.8 Å². The molecule has 0 aromatic heterocycles. The number of anilines is 2. The van der Waals surface area contributed by atoms with Crippen molar-refractivity contribution in [2.24, 2.45) is 5.92 Å². The number of rotatable bonds is 3. The van der Waals surface area contributed by atoms with Crippen molar-refractivity contribution >= 4 is 58.0 Å². The lowest BCUT2D eigenvalue weighted by Crippen LogP contribution is -2.28. The van der Waals surface area contributed by atoms with E-state index in [1.165, 1.54) is 4.90 Å². The van der Waals surface area contributed by atoms with Gasteiger partial charge >= 0.3 is 0 Å². The van der Waals surface area contributed by atoms with E-state index >= 15 is 0 Å². The number of nitrogens with one attached hydrogen (secondary N) is 1. The average molecular weight is 384 g/mol. The molecule has 4 nitrogen and oxygen atoms in total. The quantitative estimate of drug-likeness (QED) is 0.839. The molecule has 1 heterocycles. The third-order valence-corrected chi connectivity index (χ3v) is 4.99. The molecule has 24 heavy (non-hydrogen) atoms. The third-order valence-electron chi connectivity index (χ3n) is 3.85. The van der Waals surface area contributed by atoms with Crippen LogP contribution in [0.2, 0.25) is 15.1 Å². The molecule has 1 saturated heterocycles. The maximum Gasteiger partial charge on any atom is 0.229 e. The summed E-state index contributed by atoms with van der Waals surface area (Å²) in [5, 5.41) is 3.88. The molecule has 1 fully saturated rings. The molecule has 124 valence electrons. The van der Waals surface area contributed by atoms with Crippen LogP contribution in [-0.4, -0.2) is 18.4 Å². The molecule has 2 aromatic rings. The first-order chi connectivity index (χ1) is 11.5. The Bertz CT molecular complexity index is 810. The molecule has 1 atom stereocenters. The Hall–Kier alpha value is -1.75. The Morgan fingerprint density at radius 3 is 2.50 bits per heavy atom. The van der Waals surface area contributed by atoms with Crippen molar-refractivity contribution in [2.75, 3.05) is 16.8 Å². The summed E-state index contributed by atoms with van der Waals surface area (Å²) in [6.45, 7) is 0.245. The van der Waals surface area contributed by atoms with Gasteiger partial charge in [-0.2, -0.15) is 0 Å². The number of benzene rings is 2. The Balaban J connectivity index is 1.76. The van der Waals surface area contributed by atoms with Crippen LogP contribution in [0.1, 0.15) is 6.42 Å². The lowest BCUT2D eigenvalue weighted by molar-refractivity contribution is -0.122. The van der Waals surface area contributed by atoms with E-state index in [1.54, 1.807) is 42.5 Å². The molecule has 1 unspecified atom stereocenters. The van der Waals surface area contributed by atoms with Gasteiger partial charge < -0.3 is 10.2 Å². The fraction of sp³-hybridized carbons (Fsp3) is 0.176. The minimum Gasteiger partial charge on any atom is -0.324 e. The fourth-order valence-corrected chi connectivity index (χ4v) is 3.19. The molecule has 2 aromatic carbocycles. The van der Waals surface area contributed by atoms with Crippen molar-refractivity contribution in [3.63, 3.8) is 0 Å². The minimum atomic E-state index is -0.483. The monoisotopic (exact) mass is 382 g/mol. The summed E-state index contributed by atoms with van der Waals surface area (Å²) in [6, 6.07) is 12.0. The molecule has 0 spiro atoms. The number of carbonyl (C=O) groups excluding carboxylic acids is 2. The van der Waals surface area contributed by atoms with Gasteiger partial charge in [-0.1, -0.05) is 53.0 Å². The first kappa shape index (κ1) is 17.1. The maximum atomic E-state index is 12.4. The van der Waals surface area contributed by atoms with Gasteiger partial charge in [0.25, 0.3) is 0 Å². The van der Waals surface area contributed by atoms with Gasteiger partial charge in [-0.3, -0.25) is 9.59 Å². The van der Waals surface area contributed by atoms with E-state index in [0.29, 0.717) is 26.4 Å². The van der Waals surface area contributed by atoms with Gasteiger partial charge in [-0.15, -0.1) is 0 Å². The van der Waals surface area contributed by atoms with Crippen molar-refractivity contribution < 1.29 is 9.59 Å². The van der Waals surface area contributed by atoms with Crippen LogP contribution in [0.4, 0.5) is 11.4 Å². The van der Waals surface area contributed by atoms with Gasteiger partial charge in [-0.05, 0) is 24.3 Å². The van der Waals surface area contributed by atoms with E-state index in [2.05, 4.69) is 5.32 Å². The van der Waals surface area contributed by atoms with Crippen LogP contribution in [0.5, 0.6) is 0 Å². The van der Waals surface area contributed by atoms with Crippen LogP contribution in [0.25, 0.3) is 0 Å². The standard InChI is InChI=1S/C17H13Cl3N2O2/c18-11-4-1-2-6-13(11)21-17(24)10-8-15(23)22(9-10)14-7-3-5-12(19)16(14)20/h1-7,10H,8-9H2,(H,21,24). The van der Waals surface area contributed by atoms with Gasteiger partial charge in [0.1, 0.15) is 0 Å². The van der Waals surface area contributed by atoms with Crippen molar-refractivity contribution in [1.29, 1.82) is 0 Å². The lowest BCUT2D eigenvalue weighted by atomic mass is 10.1. The number of nitrogens with zero attached hydrogens (tertiary/aromatic N) is 1. The third kappa shape index (κ3) is 3.36. The molecule has 0 bridgehead atoms. The Morgan fingerprint density at radius 1 is 1.04 bits per heavy atom. The van der Waals surface area contributed by atoms with Gasteiger partial charge in [-0.25, -0.2) is 0 Å². The number of halogens is 3. The van der Waals surface area contributed by atoms with E-state index in [4.69, 9.17) is 34.8 Å². The zero-order valence-electron chi connectivity index (χ0n) is 12.4. The highest BCUT2D eigenvalue weighted by Crippen LogP contribution is 2.36. The summed E-state index contributed by atoms with van der Waals surface area (Å²) in [4.78, 5) is 26.2. The van der Waals surface area contributed by atoms with Crippen LogP contribution in [0, 0.1) is 5.92 Å². The lowest BCUT2D eigenvalue weighted by Gasteiger charge is -2.18. The normalized spacial score (nSPS) is 17.2. The molecule has 7 heteroatoms. The molecule has 1 aliphatic rings. The summed E-state index contributed by atoms with van der Waals surface area (Å²) in [5.41, 5.74) is 1.04. The fourth-order valence-electron chi connectivity index (χ4n) is 2.61. The second-order valence-electron chi connectivity index (χ2n) is 5.45. The molecular formula is C17H13Cl3N2O2. The average Bonchev–Trinajstić information content (AvgIpc) is 2.94. The molecule has 2 amide bonds. The molecule has 1 aliphatic heterocycles. The van der Waals surface area contributed by atoms with E-state index in [1.807, 2.05) is 0 Å². The van der Waals surface area contributed by atoms with E-state index in [9.17, 15) is 9.59 Å². The summed E-state index contributed by atoms with van der Waals surface area (Å²) in [7, 11) is 0. The van der Waals surface area contributed by atoms with Crippen LogP contribution in [-0.2, 0) is 9.59 Å². The Labute approximate surface area is 154 Å². The number of hydrogen-bond acceptors (Lipinski definition) is 2. The predicted octanol–water partition coefficient (Wildman–Crippen LogP) is 4.64.